The molecular weight excluding hydrogens is 267 g/mol. The van der Waals surface area contributed by atoms with E-state index in [0.717, 1.165) is 11.4 Å². The molecule has 0 N–H and O–H groups in total. The molecule has 0 saturated carbocycles. The van der Waals surface area contributed by atoms with E-state index < -0.39 is 0 Å². The molecule has 0 amide bonds. The number of pyridine rings is 1. The Hall–Kier alpha value is -2.36. The van der Waals surface area contributed by atoms with E-state index in [0.29, 0.717) is 5.56 Å². The van der Waals surface area contributed by atoms with Gasteiger partial charge < -0.3 is 4.74 Å². The summed E-state index contributed by atoms with van der Waals surface area (Å²) in [5.41, 5.74) is 4.02. The summed E-state index contributed by atoms with van der Waals surface area (Å²) in [7, 11) is 2.03. The molecule has 0 fully saturated rings. The van der Waals surface area contributed by atoms with Crippen LogP contribution in [0.4, 0.5) is 4.39 Å². The molecule has 0 atom stereocenters. The Morgan fingerprint density at radius 3 is 2.71 bits per heavy atom. The maximum absolute atomic E-state index is 13.6. The quantitative estimate of drug-likeness (QED) is 0.676. The van der Waals surface area contributed by atoms with Gasteiger partial charge in [0.2, 0.25) is 0 Å². The second-order valence-electron chi connectivity index (χ2n) is 5.20. The van der Waals surface area contributed by atoms with E-state index in [4.69, 9.17) is 4.74 Å². The SMILES string of the molecule is Cc1c(C)[n+](C)c2cc(OCc3ccccc3F)ccn12. The van der Waals surface area contributed by atoms with Crippen LogP contribution in [0, 0.1) is 19.7 Å². The standard InChI is InChI=1S/C17H18FN2O/c1-12-13(2)20-9-8-15(10-17(20)19(12)3)21-11-14-6-4-5-7-16(14)18/h4-10H,11H2,1-3H3/q+1. The average molecular weight is 285 g/mol. The number of hydrogen-bond acceptors (Lipinski definition) is 1. The van der Waals surface area contributed by atoms with Crippen molar-refractivity contribution in [2.45, 2.75) is 20.5 Å². The molecule has 0 aliphatic carbocycles. The Kier molecular flexibility index (Phi) is 3.37. The Bertz CT molecular complexity index is 808. The Labute approximate surface area is 123 Å². The maximum atomic E-state index is 13.6. The molecule has 2 heterocycles. The van der Waals surface area contributed by atoms with Crippen molar-refractivity contribution in [1.82, 2.24) is 4.40 Å². The van der Waals surface area contributed by atoms with E-state index in [-0.39, 0.29) is 12.4 Å². The predicted octanol–water partition coefficient (Wildman–Crippen LogP) is 3.10. The van der Waals surface area contributed by atoms with Crippen molar-refractivity contribution >= 4 is 5.65 Å². The lowest BCUT2D eigenvalue weighted by Crippen LogP contribution is -2.29. The van der Waals surface area contributed by atoms with Crippen molar-refractivity contribution < 1.29 is 13.7 Å². The molecule has 0 unspecified atom stereocenters. The molecule has 3 rings (SSSR count). The second-order valence-corrected chi connectivity index (χ2v) is 5.20. The van der Waals surface area contributed by atoms with Gasteiger partial charge in [-0.15, -0.1) is 0 Å². The minimum atomic E-state index is -0.237. The summed E-state index contributed by atoms with van der Waals surface area (Å²) < 4.78 is 23.5. The molecule has 2 aromatic heterocycles. The maximum Gasteiger partial charge on any atom is 0.290 e. The minimum absolute atomic E-state index is 0.227. The van der Waals surface area contributed by atoms with Crippen molar-refractivity contribution in [3.8, 4) is 5.75 Å². The first-order valence-electron chi connectivity index (χ1n) is 6.91. The van der Waals surface area contributed by atoms with Gasteiger partial charge in [0.15, 0.2) is 0 Å². The summed E-state index contributed by atoms with van der Waals surface area (Å²) in [5.74, 6) is 0.498. The Morgan fingerprint density at radius 2 is 1.95 bits per heavy atom. The van der Waals surface area contributed by atoms with E-state index in [1.54, 1.807) is 12.1 Å². The molecule has 3 nitrogen and oxygen atoms in total. The highest BCUT2D eigenvalue weighted by molar-refractivity contribution is 5.42. The number of aromatic nitrogens is 2. The molecule has 0 saturated heterocycles. The van der Waals surface area contributed by atoms with Gasteiger partial charge in [-0.25, -0.2) is 8.96 Å². The van der Waals surface area contributed by atoms with Gasteiger partial charge in [-0.1, -0.05) is 18.2 Å². The predicted molar refractivity (Wildman–Crippen MR) is 78.8 cm³/mol. The fraction of sp³-hybridized carbons (Fsp3) is 0.235. The zero-order valence-corrected chi connectivity index (χ0v) is 12.4. The Morgan fingerprint density at radius 1 is 1.19 bits per heavy atom. The van der Waals surface area contributed by atoms with Gasteiger partial charge in [-0.3, -0.25) is 0 Å². The van der Waals surface area contributed by atoms with Gasteiger partial charge in [-0.05, 0) is 6.07 Å². The zero-order chi connectivity index (χ0) is 15.0. The summed E-state index contributed by atoms with van der Waals surface area (Å²) in [6.07, 6.45) is 1.98. The number of hydrogen-bond donors (Lipinski definition) is 0. The third kappa shape index (κ3) is 2.37. The highest BCUT2D eigenvalue weighted by Crippen LogP contribution is 2.18. The molecule has 1 aromatic carbocycles. The highest BCUT2D eigenvalue weighted by atomic mass is 19.1. The first-order valence-corrected chi connectivity index (χ1v) is 6.91. The fourth-order valence-corrected chi connectivity index (χ4v) is 2.47. The van der Waals surface area contributed by atoms with Gasteiger partial charge in [-0.2, -0.15) is 4.40 Å². The average Bonchev–Trinajstić information content (AvgIpc) is 2.71. The van der Waals surface area contributed by atoms with Gasteiger partial charge in [0.25, 0.3) is 5.65 Å². The number of halogens is 1. The molecule has 0 spiro atoms. The third-order valence-electron chi connectivity index (χ3n) is 3.99. The molecule has 3 aromatic rings. The minimum Gasteiger partial charge on any atom is -0.488 e. The number of rotatable bonds is 3. The van der Waals surface area contributed by atoms with Gasteiger partial charge >= 0.3 is 0 Å². The molecule has 0 bridgehead atoms. The van der Waals surface area contributed by atoms with E-state index >= 15 is 0 Å². The van der Waals surface area contributed by atoms with Crippen molar-refractivity contribution in [2.75, 3.05) is 0 Å². The Balaban J connectivity index is 1.88. The summed E-state index contributed by atoms with van der Waals surface area (Å²) in [6, 6.07) is 10.5. The molecule has 0 aliphatic heterocycles. The van der Waals surface area contributed by atoms with Crippen molar-refractivity contribution in [3.63, 3.8) is 0 Å². The van der Waals surface area contributed by atoms with Crippen molar-refractivity contribution in [3.05, 3.63) is 65.4 Å². The van der Waals surface area contributed by atoms with E-state index in [9.17, 15) is 4.39 Å². The van der Waals surface area contributed by atoms with Gasteiger partial charge in [0.05, 0.1) is 13.1 Å². The summed E-state index contributed by atoms with van der Waals surface area (Å²) >= 11 is 0. The van der Waals surface area contributed by atoms with E-state index in [2.05, 4.69) is 22.8 Å². The number of benzene rings is 1. The lowest BCUT2D eigenvalue weighted by atomic mass is 10.2. The number of fused-ring (bicyclic) bond motifs is 1. The topological polar surface area (TPSA) is 17.5 Å². The van der Waals surface area contributed by atoms with Crippen LogP contribution < -0.4 is 9.30 Å². The zero-order valence-electron chi connectivity index (χ0n) is 12.4. The molecule has 21 heavy (non-hydrogen) atoms. The van der Waals surface area contributed by atoms with Crippen LogP contribution in [0.3, 0.4) is 0 Å². The van der Waals surface area contributed by atoms with E-state index in [1.165, 1.54) is 17.5 Å². The van der Waals surface area contributed by atoms with Crippen LogP contribution in [0.15, 0.2) is 42.6 Å². The summed E-state index contributed by atoms with van der Waals surface area (Å²) in [4.78, 5) is 0. The van der Waals surface area contributed by atoms with Crippen LogP contribution >= 0.6 is 0 Å². The van der Waals surface area contributed by atoms with Crippen LogP contribution in [0.2, 0.25) is 0 Å². The first-order chi connectivity index (χ1) is 10.1. The lowest BCUT2D eigenvalue weighted by molar-refractivity contribution is -0.650. The molecular formula is C17H18FN2O+. The smallest absolute Gasteiger partial charge is 0.290 e. The molecule has 0 aliphatic rings. The van der Waals surface area contributed by atoms with Crippen LogP contribution in [0.25, 0.3) is 5.65 Å². The largest absolute Gasteiger partial charge is 0.488 e. The van der Waals surface area contributed by atoms with Gasteiger partial charge in [0.1, 0.15) is 35.8 Å². The van der Waals surface area contributed by atoms with Crippen LogP contribution in [0.5, 0.6) is 5.75 Å². The van der Waals surface area contributed by atoms with Crippen LogP contribution in [0.1, 0.15) is 17.0 Å². The van der Waals surface area contributed by atoms with Gasteiger partial charge in [0, 0.05) is 25.5 Å². The second kappa shape index (κ2) is 5.20. The first kappa shape index (κ1) is 13.6. The number of ether oxygens (including phenoxy) is 1. The van der Waals surface area contributed by atoms with E-state index in [1.807, 2.05) is 31.4 Å². The summed E-state index contributed by atoms with van der Waals surface area (Å²) in [5, 5.41) is 0. The van der Waals surface area contributed by atoms with Crippen LogP contribution in [-0.2, 0) is 13.7 Å². The molecule has 0 radical (unpaired) electrons. The molecule has 4 heteroatoms. The highest BCUT2D eigenvalue weighted by Gasteiger charge is 2.17. The molecule has 108 valence electrons. The number of aryl methyl sites for hydroxylation is 2. The monoisotopic (exact) mass is 285 g/mol. The lowest BCUT2D eigenvalue weighted by Gasteiger charge is -2.06. The normalized spacial score (nSPS) is 11.0. The van der Waals surface area contributed by atoms with Crippen LogP contribution in [-0.4, -0.2) is 4.40 Å². The van der Waals surface area contributed by atoms with Crippen molar-refractivity contribution in [2.24, 2.45) is 7.05 Å². The fourth-order valence-electron chi connectivity index (χ4n) is 2.47. The number of imidazole rings is 1. The summed E-state index contributed by atoms with van der Waals surface area (Å²) in [6.45, 7) is 4.40. The van der Waals surface area contributed by atoms with Crippen molar-refractivity contribution in [1.29, 1.82) is 0 Å². The number of nitrogens with zero attached hydrogens (tertiary/aromatic N) is 2. The third-order valence-corrected chi connectivity index (χ3v) is 3.99.